The van der Waals surface area contributed by atoms with Crippen LogP contribution < -0.4 is 11.1 Å². The van der Waals surface area contributed by atoms with Gasteiger partial charge in [-0.3, -0.25) is 4.79 Å². The monoisotopic (exact) mass is 443 g/mol. The molecule has 0 saturated carbocycles. The molecule has 4 heterocycles. The van der Waals surface area contributed by atoms with Crippen LogP contribution >= 0.6 is 0 Å². The molecule has 1 amide bonds. The van der Waals surface area contributed by atoms with Crippen LogP contribution in [-0.4, -0.2) is 35.4 Å². The van der Waals surface area contributed by atoms with Crippen molar-refractivity contribution in [1.29, 1.82) is 0 Å². The first-order valence-corrected chi connectivity index (χ1v) is 10.9. The molecule has 1 aromatic carbocycles. The van der Waals surface area contributed by atoms with Gasteiger partial charge in [-0.05, 0) is 43.4 Å². The maximum Gasteiger partial charge on any atom is 0.240 e. The van der Waals surface area contributed by atoms with Gasteiger partial charge < -0.3 is 20.6 Å². The zero-order valence-corrected chi connectivity index (χ0v) is 18.7. The second kappa shape index (κ2) is 7.54. The van der Waals surface area contributed by atoms with Crippen molar-refractivity contribution >= 4 is 23.2 Å². The summed E-state index contributed by atoms with van der Waals surface area (Å²) in [5, 5.41) is 12.8. The molecule has 1 unspecified atom stereocenters. The summed E-state index contributed by atoms with van der Waals surface area (Å²) in [4.78, 5) is 31.5. The van der Waals surface area contributed by atoms with E-state index in [4.69, 9.17) is 10.7 Å². The lowest BCUT2D eigenvalue weighted by molar-refractivity contribution is -0.119. The van der Waals surface area contributed by atoms with Gasteiger partial charge in [-0.15, -0.1) is 0 Å². The summed E-state index contributed by atoms with van der Waals surface area (Å²) in [6.45, 7) is 6.09. The van der Waals surface area contributed by atoms with Crippen LogP contribution in [0.15, 0.2) is 42.9 Å². The molecule has 4 N–H and O–H groups in total. The van der Waals surface area contributed by atoms with Gasteiger partial charge in [0.1, 0.15) is 28.5 Å². The minimum Gasteiger partial charge on any atom is -0.508 e. The number of nitrogens with zero attached hydrogens (tertiary/aromatic N) is 5. The van der Waals surface area contributed by atoms with E-state index in [1.807, 2.05) is 16.8 Å². The molecule has 4 aromatic rings. The molecular weight excluding hydrogens is 418 g/mol. The molecule has 0 radical (unpaired) electrons. The van der Waals surface area contributed by atoms with E-state index in [2.05, 4.69) is 34.1 Å². The first-order chi connectivity index (χ1) is 15.8. The fourth-order valence-electron chi connectivity index (χ4n) is 4.31. The lowest BCUT2D eigenvalue weighted by atomic mass is 9.77. The third-order valence-electron chi connectivity index (χ3n) is 6.18. The largest absolute Gasteiger partial charge is 0.508 e. The second-order valence-electron chi connectivity index (χ2n) is 8.95. The van der Waals surface area contributed by atoms with E-state index >= 15 is 0 Å². The Bertz CT molecular complexity index is 1400. The molecule has 33 heavy (non-hydrogen) atoms. The van der Waals surface area contributed by atoms with Crippen molar-refractivity contribution in [2.24, 2.45) is 5.92 Å². The predicted octanol–water partition coefficient (Wildman–Crippen LogP) is 3.32. The highest BCUT2D eigenvalue weighted by Crippen LogP contribution is 2.45. The Morgan fingerprint density at radius 3 is 2.82 bits per heavy atom. The SMILES string of the molecule is CC(C)CCc1nc(-c2nc(N)c3c(n2)NC(=O)C3(C)c2cccc(O)c2)cn2ccnc12. The molecule has 1 aliphatic rings. The van der Waals surface area contributed by atoms with Gasteiger partial charge in [0.05, 0.1) is 11.3 Å². The number of carbonyl (C=O) groups excluding carboxylic acids is 1. The number of anilines is 2. The van der Waals surface area contributed by atoms with Crippen molar-refractivity contribution < 1.29 is 9.90 Å². The lowest BCUT2D eigenvalue weighted by Gasteiger charge is -2.23. The number of nitrogens with one attached hydrogen (secondary N) is 1. The maximum absolute atomic E-state index is 13.1. The number of amides is 1. The molecule has 0 aliphatic carbocycles. The molecular formula is C24H25N7O2. The smallest absolute Gasteiger partial charge is 0.240 e. The number of aromatic nitrogens is 5. The number of benzene rings is 1. The zero-order valence-electron chi connectivity index (χ0n) is 18.7. The molecule has 0 bridgehead atoms. The summed E-state index contributed by atoms with van der Waals surface area (Å²) in [5.74, 6) is 1.19. The van der Waals surface area contributed by atoms with Crippen LogP contribution in [-0.2, 0) is 16.6 Å². The minimum absolute atomic E-state index is 0.0675. The highest BCUT2D eigenvalue weighted by molar-refractivity contribution is 6.09. The summed E-state index contributed by atoms with van der Waals surface area (Å²) < 4.78 is 1.90. The Balaban J connectivity index is 1.62. The Morgan fingerprint density at radius 2 is 2.06 bits per heavy atom. The van der Waals surface area contributed by atoms with Gasteiger partial charge in [-0.25, -0.2) is 19.9 Å². The molecule has 168 valence electrons. The summed E-state index contributed by atoms with van der Waals surface area (Å²) in [6.07, 6.45) is 7.16. The van der Waals surface area contributed by atoms with Crippen LogP contribution in [0.3, 0.4) is 0 Å². The van der Waals surface area contributed by atoms with Crippen molar-refractivity contribution in [1.82, 2.24) is 24.3 Å². The second-order valence-corrected chi connectivity index (χ2v) is 8.95. The minimum atomic E-state index is -1.12. The number of aromatic hydroxyl groups is 1. The van der Waals surface area contributed by atoms with Crippen molar-refractivity contribution in [3.8, 4) is 17.3 Å². The Hall–Kier alpha value is -4.01. The van der Waals surface area contributed by atoms with E-state index in [1.165, 1.54) is 0 Å². The number of nitrogens with two attached hydrogens (primary N) is 1. The topological polar surface area (TPSA) is 131 Å². The van der Waals surface area contributed by atoms with Crippen molar-refractivity contribution in [2.75, 3.05) is 11.1 Å². The molecule has 5 rings (SSSR count). The predicted molar refractivity (Wildman–Crippen MR) is 125 cm³/mol. The fourth-order valence-corrected chi connectivity index (χ4v) is 4.31. The maximum atomic E-state index is 13.1. The number of aryl methyl sites for hydroxylation is 1. The van der Waals surface area contributed by atoms with E-state index in [-0.39, 0.29) is 17.5 Å². The number of hydrogen-bond acceptors (Lipinski definition) is 7. The normalized spacial score (nSPS) is 17.5. The van der Waals surface area contributed by atoms with E-state index < -0.39 is 5.41 Å². The molecule has 3 aromatic heterocycles. The van der Waals surface area contributed by atoms with E-state index in [9.17, 15) is 9.90 Å². The van der Waals surface area contributed by atoms with Gasteiger partial charge in [-0.1, -0.05) is 26.0 Å². The third-order valence-corrected chi connectivity index (χ3v) is 6.18. The standard InChI is InChI=1S/C24H25N7O2/c1-13(2)7-8-16-22-26-9-10-31(22)12-17(27-16)20-28-19(25)18-21(29-20)30-23(33)24(18,3)14-5-4-6-15(32)11-14/h4-6,9-13,32H,7-8H2,1-3H3,(H3,25,28,29,30,33). The fraction of sp³-hybridized carbons (Fsp3) is 0.292. The summed E-state index contributed by atoms with van der Waals surface area (Å²) in [6, 6.07) is 6.57. The number of phenolic OH excluding ortho intramolecular Hbond substituents is 1. The van der Waals surface area contributed by atoms with Crippen LogP contribution in [0.4, 0.5) is 11.6 Å². The summed E-state index contributed by atoms with van der Waals surface area (Å²) in [7, 11) is 0. The number of imidazole rings is 1. The van der Waals surface area contributed by atoms with Gasteiger partial charge >= 0.3 is 0 Å². The highest BCUT2D eigenvalue weighted by Gasteiger charge is 2.47. The van der Waals surface area contributed by atoms with Crippen LogP contribution in [0.2, 0.25) is 0 Å². The van der Waals surface area contributed by atoms with Crippen molar-refractivity contribution in [3.63, 3.8) is 0 Å². The van der Waals surface area contributed by atoms with Gasteiger partial charge in [0, 0.05) is 18.6 Å². The number of rotatable bonds is 5. The molecule has 9 heteroatoms. The average molecular weight is 444 g/mol. The zero-order chi connectivity index (χ0) is 23.3. The molecule has 1 aliphatic heterocycles. The highest BCUT2D eigenvalue weighted by atomic mass is 16.3. The van der Waals surface area contributed by atoms with Crippen molar-refractivity contribution in [2.45, 2.75) is 39.0 Å². The van der Waals surface area contributed by atoms with Crippen molar-refractivity contribution in [3.05, 3.63) is 59.7 Å². The first-order valence-electron chi connectivity index (χ1n) is 10.9. The van der Waals surface area contributed by atoms with Crippen LogP contribution in [0.25, 0.3) is 17.2 Å². The molecule has 1 atom stereocenters. The summed E-state index contributed by atoms with van der Waals surface area (Å²) >= 11 is 0. The summed E-state index contributed by atoms with van der Waals surface area (Å²) in [5.41, 5.74) is 8.59. The average Bonchev–Trinajstić information content (AvgIpc) is 3.35. The molecule has 0 fully saturated rings. The van der Waals surface area contributed by atoms with E-state index in [0.29, 0.717) is 34.4 Å². The van der Waals surface area contributed by atoms with Gasteiger partial charge in [0.25, 0.3) is 0 Å². The molecule has 0 saturated heterocycles. The first kappa shape index (κ1) is 20.9. The molecule has 9 nitrogen and oxygen atoms in total. The number of fused-ring (bicyclic) bond motifs is 2. The van der Waals surface area contributed by atoms with Crippen LogP contribution in [0, 0.1) is 5.92 Å². The van der Waals surface area contributed by atoms with Gasteiger partial charge in [0.15, 0.2) is 11.5 Å². The number of carbonyl (C=O) groups is 1. The quantitative estimate of drug-likeness (QED) is 0.431. The van der Waals surface area contributed by atoms with Crippen LogP contribution in [0.1, 0.15) is 44.0 Å². The van der Waals surface area contributed by atoms with E-state index in [0.717, 1.165) is 24.2 Å². The number of phenols is 1. The Kier molecular flexibility index (Phi) is 4.77. The number of hydrogen-bond donors (Lipinski definition) is 3. The van der Waals surface area contributed by atoms with Gasteiger partial charge in [-0.2, -0.15) is 0 Å². The molecule has 0 spiro atoms. The lowest BCUT2D eigenvalue weighted by Crippen LogP contribution is -2.32. The van der Waals surface area contributed by atoms with E-state index in [1.54, 1.807) is 37.4 Å². The van der Waals surface area contributed by atoms with Gasteiger partial charge in [0.2, 0.25) is 5.91 Å². The Morgan fingerprint density at radius 1 is 1.24 bits per heavy atom. The third kappa shape index (κ3) is 3.36. The van der Waals surface area contributed by atoms with Crippen LogP contribution in [0.5, 0.6) is 5.75 Å². The number of nitrogen functional groups attached to an aromatic ring is 1. The Labute approximate surface area is 190 Å².